The standard InChI is InChI=1S/C12H16ClF3N2O2S/c1-8(2)18(7-12(14,15)16)21(19,20)10-3-4-11(13)9(5-10)6-17/h3-5,8H,6-7,17H2,1-2H3. The van der Waals surface area contributed by atoms with Crippen molar-refractivity contribution in [3.05, 3.63) is 28.8 Å². The summed E-state index contributed by atoms with van der Waals surface area (Å²) in [7, 11) is -4.28. The number of sulfonamides is 1. The monoisotopic (exact) mass is 344 g/mol. The average molecular weight is 345 g/mol. The van der Waals surface area contributed by atoms with Crippen LogP contribution in [0.5, 0.6) is 0 Å². The Morgan fingerprint density at radius 2 is 1.90 bits per heavy atom. The van der Waals surface area contributed by atoms with Crippen LogP contribution in [0.1, 0.15) is 19.4 Å². The van der Waals surface area contributed by atoms with Gasteiger partial charge in [-0.3, -0.25) is 0 Å². The Morgan fingerprint density at radius 3 is 2.33 bits per heavy atom. The Morgan fingerprint density at radius 1 is 1.33 bits per heavy atom. The summed E-state index contributed by atoms with van der Waals surface area (Å²) in [6.07, 6.45) is -4.62. The van der Waals surface area contributed by atoms with Crippen LogP contribution in [0.2, 0.25) is 5.02 Å². The van der Waals surface area contributed by atoms with Crippen LogP contribution < -0.4 is 5.73 Å². The van der Waals surface area contributed by atoms with Crippen LogP contribution in [-0.4, -0.2) is 31.5 Å². The van der Waals surface area contributed by atoms with Gasteiger partial charge >= 0.3 is 6.18 Å². The molecule has 0 fully saturated rings. The Bertz CT molecular complexity index is 603. The van der Waals surface area contributed by atoms with Crippen LogP contribution in [0.3, 0.4) is 0 Å². The molecule has 0 amide bonds. The number of hydrogen-bond acceptors (Lipinski definition) is 3. The fraction of sp³-hybridized carbons (Fsp3) is 0.500. The third-order valence-corrected chi connectivity index (χ3v) is 5.14. The fourth-order valence-electron chi connectivity index (χ4n) is 1.73. The third kappa shape index (κ3) is 4.57. The predicted octanol–water partition coefficient (Wildman–Crippen LogP) is 2.76. The van der Waals surface area contributed by atoms with Crippen molar-refractivity contribution >= 4 is 21.6 Å². The van der Waals surface area contributed by atoms with Crippen LogP contribution in [-0.2, 0) is 16.6 Å². The number of alkyl halides is 3. The molecule has 0 aliphatic rings. The van der Waals surface area contributed by atoms with E-state index in [0.717, 1.165) is 0 Å². The van der Waals surface area contributed by atoms with Crippen molar-refractivity contribution in [1.82, 2.24) is 4.31 Å². The highest BCUT2D eigenvalue weighted by Crippen LogP contribution is 2.27. The first kappa shape index (κ1) is 18.2. The molecule has 2 N–H and O–H groups in total. The van der Waals surface area contributed by atoms with E-state index in [1.165, 1.54) is 32.0 Å². The Labute approximate surface area is 126 Å². The molecule has 9 heteroatoms. The van der Waals surface area contributed by atoms with E-state index in [1.54, 1.807) is 0 Å². The van der Waals surface area contributed by atoms with E-state index in [0.29, 0.717) is 9.87 Å². The van der Waals surface area contributed by atoms with Crippen molar-refractivity contribution in [2.24, 2.45) is 5.73 Å². The molecule has 0 radical (unpaired) electrons. The van der Waals surface area contributed by atoms with Gasteiger partial charge in [-0.05, 0) is 37.6 Å². The number of nitrogens with two attached hydrogens (primary N) is 1. The Hall–Kier alpha value is -0.830. The largest absolute Gasteiger partial charge is 0.402 e. The lowest BCUT2D eigenvalue weighted by Crippen LogP contribution is -2.43. The maximum atomic E-state index is 12.6. The summed E-state index contributed by atoms with van der Waals surface area (Å²) in [6.45, 7) is 1.20. The second-order valence-corrected chi connectivity index (χ2v) is 7.01. The van der Waals surface area contributed by atoms with E-state index in [1.807, 2.05) is 0 Å². The van der Waals surface area contributed by atoms with Crippen molar-refractivity contribution in [2.45, 2.75) is 37.5 Å². The summed E-state index contributed by atoms with van der Waals surface area (Å²) < 4.78 is 62.9. The number of nitrogens with zero attached hydrogens (tertiary/aromatic N) is 1. The van der Waals surface area contributed by atoms with E-state index in [9.17, 15) is 21.6 Å². The Kier molecular flexibility index (Phi) is 5.65. The van der Waals surface area contributed by atoms with Gasteiger partial charge in [-0.1, -0.05) is 11.6 Å². The van der Waals surface area contributed by atoms with Gasteiger partial charge in [0, 0.05) is 17.6 Å². The zero-order valence-corrected chi connectivity index (χ0v) is 13.1. The molecule has 1 aromatic rings. The van der Waals surface area contributed by atoms with Crippen molar-refractivity contribution < 1.29 is 21.6 Å². The predicted molar refractivity (Wildman–Crippen MR) is 74.4 cm³/mol. The molecule has 1 aromatic carbocycles. The summed E-state index contributed by atoms with van der Waals surface area (Å²) in [5, 5.41) is 0.267. The third-order valence-electron chi connectivity index (χ3n) is 2.75. The minimum atomic E-state index is -4.62. The first-order chi connectivity index (χ1) is 9.49. The van der Waals surface area contributed by atoms with Gasteiger partial charge in [0.05, 0.1) is 4.90 Å². The minimum absolute atomic E-state index is 0.0108. The number of halogens is 4. The van der Waals surface area contributed by atoms with Gasteiger partial charge in [0.15, 0.2) is 0 Å². The highest BCUT2D eigenvalue weighted by Gasteiger charge is 2.38. The first-order valence-electron chi connectivity index (χ1n) is 6.06. The summed E-state index contributed by atoms with van der Waals surface area (Å²) in [4.78, 5) is -0.259. The minimum Gasteiger partial charge on any atom is -0.326 e. The van der Waals surface area contributed by atoms with Crippen molar-refractivity contribution in [2.75, 3.05) is 6.54 Å². The van der Waals surface area contributed by atoms with Crippen LogP contribution in [0, 0.1) is 0 Å². The second kappa shape index (κ2) is 6.51. The molecule has 0 heterocycles. The molecule has 1 rings (SSSR count). The van der Waals surface area contributed by atoms with Crippen molar-refractivity contribution in [3.8, 4) is 0 Å². The summed E-state index contributed by atoms with van der Waals surface area (Å²) in [5.74, 6) is 0. The van der Waals surface area contributed by atoms with Crippen LogP contribution in [0.15, 0.2) is 23.1 Å². The SMILES string of the molecule is CC(C)N(CC(F)(F)F)S(=O)(=O)c1ccc(Cl)c(CN)c1. The van der Waals surface area contributed by atoms with Crippen LogP contribution in [0.4, 0.5) is 13.2 Å². The van der Waals surface area contributed by atoms with E-state index in [4.69, 9.17) is 17.3 Å². The van der Waals surface area contributed by atoms with Crippen LogP contribution >= 0.6 is 11.6 Å². The quantitative estimate of drug-likeness (QED) is 0.893. The van der Waals surface area contributed by atoms with E-state index < -0.39 is 28.8 Å². The highest BCUT2D eigenvalue weighted by atomic mass is 35.5. The van der Waals surface area contributed by atoms with Gasteiger partial charge in [0.25, 0.3) is 0 Å². The summed E-state index contributed by atoms with van der Waals surface area (Å²) in [5.41, 5.74) is 5.78. The van der Waals surface area contributed by atoms with Gasteiger partial charge in [0.1, 0.15) is 6.54 Å². The molecule has 0 unspecified atom stereocenters. The molecule has 120 valence electrons. The number of rotatable bonds is 5. The average Bonchev–Trinajstić information content (AvgIpc) is 2.34. The maximum Gasteiger partial charge on any atom is 0.402 e. The van der Waals surface area contributed by atoms with Crippen molar-refractivity contribution in [3.63, 3.8) is 0 Å². The molecule has 0 saturated heterocycles. The molecule has 0 aliphatic carbocycles. The number of benzene rings is 1. The maximum absolute atomic E-state index is 12.6. The smallest absolute Gasteiger partial charge is 0.326 e. The zero-order chi connectivity index (χ0) is 16.4. The van der Waals surface area contributed by atoms with E-state index in [2.05, 4.69) is 0 Å². The van der Waals surface area contributed by atoms with E-state index in [-0.39, 0.29) is 16.5 Å². The molecule has 0 bridgehead atoms. The van der Waals surface area contributed by atoms with Crippen molar-refractivity contribution in [1.29, 1.82) is 0 Å². The molecule has 4 nitrogen and oxygen atoms in total. The van der Waals surface area contributed by atoms with E-state index >= 15 is 0 Å². The van der Waals surface area contributed by atoms with Gasteiger partial charge in [0.2, 0.25) is 10.0 Å². The van der Waals surface area contributed by atoms with Gasteiger partial charge in [-0.25, -0.2) is 8.42 Å². The molecular formula is C12H16ClF3N2O2S. The molecule has 0 aromatic heterocycles. The molecule has 0 aliphatic heterocycles. The first-order valence-corrected chi connectivity index (χ1v) is 7.88. The normalized spacial score (nSPS) is 13.2. The van der Waals surface area contributed by atoms with Crippen LogP contribution in [0.25, 0.3) is 0 Å². The fourth-order valence-corrected chi connectivity index (χ4v) is 3.59. The molecular weight excluding hydrogens is 329 g/mol. The molecule has 0 atom stereocenters. The lowest BCUT2D eigenvalue weighted by atomic mass is 10.2. The highest BCUT2D eigenvalue weighted by molar-refractivity contribution is 7.89. The molecule has 21 heavy (non-hydrogen) atoms. The number of hydrogen-bond donors (Lipinski definition) is 1. The summed E-state index contributed by atoms with van der Waals surface area (Å²) >= 11 is 5.83. The molecule has 0 spiro atoms. The van der Waals surface area contributed by atoms with Gasteiger partial charge < -0.3 is 5.73 Å². The van der Waals surface area contributed by atoms with Gasteiger partial charge in [-0.15, -0.1) is 0 Å². The zero-order valence-electron chi connectivity index (χ0n) is 11.5. The Balaban J connectivity index is 3.29. The topological polar surface area (TPSA) is 63.4 Å². The lowest BCUT2D eigenvalue weighted by Gasteiger charge is -2.27. The lowest BCUT2D eigenvalue weighted by molar-refractivity contribution is -0.138. The summed E-state index contributed by atoms with van der Waals surface area (Å²) in [6, 6.07) is 2.84. The second-order valence-electron chi connectivity index (χ2n) is 4.72. The molecule has 0 saturated carbocycles. The van der Waals surface area contributed by atoms with Gasteiger partial charge in [-0.2, -0.15) is 17.5 Å².